The van der Waals surface area contributed by atoms with Gasteiger partial charge in [0.15, 0.2) is 0 Å². The number of carbonyl (C=O) groups excluding carboxylic acids is 2. The van der Waals surface area contributed by atoms with Gasteiger partial charge in [-0.3, -0.25) is 9.59 Å². The van der Waals surface area contributed by atoms with Crippen molar-refractivity contribution in [3.63, 3.8) is 0 Å². The zero-order valence-corrected chi connectivity index (χ0v) is 11.6. The second-order valence-corrected chi connectivity index (χ2v) is 5.05. The molecule has 1 fully saturated rings. The molecule has 2 atom stereocenters. The number of rotatable bonds is 2. The van der Waals surface area contributed by atoms with Gasteiger partial charge in [0.2, 0.25) is 0 Å². The highest BCUT2D eigenvalue weighted by atomic mass is 35.5. The van der Waals surface area contributed by atoms with Gasteiger partial charge in [-0.15, -0.1) is 0 Å². The molecule has 0 spiro atoms. The van der Waals surface area contributed by atoms with Gasteiger partial charge in [-0.1, -0.05) is 24.6 Å². The van der Waals surface area contributed by atoms with Crippen LogP contribution < -0.4 is 0 Å². The van der Waals surface area contributed by atoms with E-state index < -0.39 is 0 Å². The molecule has 1 saturated heterocycles. The van der Waals surface area contributed by atoms with Crippen LogP contribution in [-0.4, -0.2) is 42.0 Å². The minimum atomic E-state index is -0.276. The second-order valence-electron chi connectivity index (χ2n) is 4.66. The van der Waals surface area contributed by atoms with Crippen LogP contribution in [0.4, 0.5) is 0 Å². The number of esters is 1. The molecule has 1 aromatic rings. The van der Waals surface area contributed by atoms with E-state index in [1.165, 1.54) is 7.11 Å². The minimum Gasteiger partial charge on any atom is -0.469 e. The van der Waals surface area contributed by atoms with Crippen LogP contribution in [-0.2, 0) is 9.53 Å². The highest BCUT2D eigenvalue weighted by Crippen LogP contribution is 2.25. The first-order valence-electron chi connectivity index (χ1n) is 6.02. The smallest absolute Gasteiger partial charge is 0.310 e. The Morgan fingerprint density at radius 1 is 1.42 bits per heavy atom. The average Bonchev–Trinajstić information content (AvgIpc) is 2.79. The number of amides is 1. The maximum atomic E-state index is 12.3. The molecular weight excluding hydrogens is 268 g/mol. The van der Waals surface area contributed by atoms with Crippen molar-refractivity contribution >= 4 is 23.5 Å². The molecule has 19 heavy (non-hydrogen) atoms. The number of aromatic nitrogens is 1. The summed E-state index contributed by atoms with van der Waals surface area (Å²) < 4.78 is 4.74. The van der Waals surface area contributed by atoms with Crippen LogP contribution >= 0.6 is 11.6 Å². The number of hydrogen-bond donors (Lipinski definition) is 0. The molecule has 0 aromatic carbocycles. The van der Waals surface area contributed by atoms with Gasteiger partial charge in [-0.05, 0) is 18.1 Å². The molecule has 102 valence electrons. The Bertz CT molecular complexity index is 506. The molecule has 1 amide bonds. The molecule has 0 aliphatic carbocycles. The van der Waals surface area contributed by atoms with Gasteiger partial charge in [-0.2, -0.15) is 0 Å². The van der Waals surface area contributed by atoms with E-state index >= 15 is 0 Å². The van der Waals surface area contributed by atoms with Gasteiger partial charge < -0.3 is 9.64 Å². The van der Waals surface area contributed by atoms with Crippen LogP contribution in [0.2, 0.25) is 5.15 Å². The minimum absolute atomic E-state index is 0.0792. The Morgan fingerprint density at radius 3 is 2.79 bits per heavy atom. The second kappa shape index (κ2) is 5.57. The fourth-order valence-corrected chi connectivity index (χ4v) is 2.44. The molecule has 2 heterocycles. The summed E-state index contributed by atoms with van der Waals surface area (Å²) in [5.74, 6) is -0.675. The van der Waals surface area contributed by atoms with E-state index in [-0.39, 0.29) is 28.9 Å². The van der Waals surface area contributed by atoms with E-state index in [9.17, 15) is 9.59 Å². The predicted molar refractivity (Wildman–Crippen MR) is 69.8 cm³/mol. The van der Waals surface area contributed by atoms with E-state index in [2.05, 4.69) is 4.98 Å². The van der Waals surface area contributed by atoms with Gasteiger partial charge in [0, 0.05) is 13.1 Å². The summed E-state index contributed by atoms with van der Waals surface area (Å²) in [6, 6.07) is 4.91. The summed E-state index contributed by atoms with van der Waals surface area (Å²) in [5, 5.41) is 0.280. The largest absolute Gasteiger partial charge is 0.469 e. The number of likely N-dealkylation sites (tertiary alicyclic amines) is 1. The fourth-order valence-electron chi connectivity index (χ4n) is 2.28. The fraction of sp³-hybridized carbons (Fsp3) is 0.462. The lowest BCUT2D eigenvalue weighted by atomic mass is 9.99. The first-order valence-corrected chi connectivity index (χ1v) is 6.40. The van der Waals surface area contributed by atoms with Crippen molar-refractivity contribution in [1.29, 1.82) is 0 Å². The molecule has 2 unspecified atom stereocenters. The van der Waals surface area contributed by atoms with Crippen LogP contribution in [0.3, 0.4) is 0 Å². The van der Waals surface area contributed by atoms with Crippen molar-refractivity contribution in [2.24, 2.45) is 11.8 Å². The van der Waals surface area contributed by atoms with Crippen molar-refractivity contribution in [2.75, 3.05) is 20.2 Å². The Morgan fingerprint density at radius 2 is 2.16 bits per heavy atom. The summed E-state index contributed by atoms with van der Waals surface area (Å²) >= 11 is 5.77. The average molecular weight is 283 g/mol. The van der Waals surface area contributed by atoms with Crippen LogP contribution in [0.25, 0.3) is 0 Å². The van der Waals surface area contributed by atoms with E-state index in [0.717, 1.165) is 0 Å². The Labute approximate surface area is 116 Å². The maximum Gasteiger partial charge on any atom is 0.310 e. The van der Waals surface area contributed by atoms with Crippen molar-refractivity contribution in [2.45, 2.75) is 6.92 Å². The van der Waals surface area contributed by atoms with E-state index in [1.807, 2.05) is 6.92 Å². The lowest BCUT2D eigenvalue weighted by molar-refractivity contribution is -0.146. The van der Waals surface area contributed by atoms with Crippen molar-refractivity contribution in [1.82, 2.24) is 9.88 Å². The third kappa shape index (κ3) is 2.87. The number of ether oxygens (including phenoxy) is 1. The molecule has 6 heteroatoms. The molecule has 5 nitrogen and oxygen atoms in total. The Balaban J connectivity index is 2.12. The third-order valence-corrected chi connectivity index (χ3v) is 3.55. The summed E-state index contributed by atoms with van der Waals surface area (Å²) in [5.41, 5.74) is 0.296. The van der Waals surface area contributed by atoms with Gasteiger partial charge >= 0.3 is 5.97 Å². The molecule has 1 aromatic heterocycles. The highest BCUT2D eigenvalue weighted by Gasteiger charge is 2.38. The molecule has 0 bridgehead atoms. The maximum absolute atomic E-state index is 12.3. The summed E-state index contributed by atoms with van der Waals surface area (Å²) in [7, 11) is 1.36. The zero-order valence-electron chi connectivity index (χ0n) is 10.8. The van der Waals surface area contributed by atoms with Gasteiger partial charge in [0.1, 0.15) is 10.8 Å². The van der Waals surface area contributed by atoms with E-state index in [4.69, 9.17) is 16.3 Å². The molecule has 1 aliphatic rings. The van der Waals surface area contributed by atoms with Crippen LogP contribution in [0.5, 0.6) is 0 Å². The number of methoxy groups -OCH3 is 1. The number of nitrogens with zero attached hydrogens (tertiary/aromatic N) is 2. The molecular formula is C13H15ClN2O3. The van der Waals surface area contributed by atoms with Gasteiger partial charge in [0.05, 0.1) is 13.0 Å². The number of hydrogen-bond acceptors (Lipinski definition) is 4. The normalized spacial score (nSPS) is 22.4. The van der Waals surface area contributed by atoms with Crippen molar-refractivity contribution < 1.29 is 14.3 Å². The number of pyridine rings is 1. The van der Waals surface area contributed by atoms with Crippen LogP contribution in [0.1, 0.15) is 17.4 Å². The van der Waals surface area contributed by atoms with Gasteiger partial charge in [0.25, 0.3) is 5.91 Å². The summed E-state index contributed by atoms with van der Waals surface area (Å²) in [6.07, 6.45) is 0. The lowest BCUT2D eigenvalue weighted by Gasteiger charge is -2.15. The molecule has 0 radical (unpaired) electrons. The lowest BCUT2D eigenvalue weighted by Crippen LogP contribution is -2.30. The first kappa shape index (κ1) is 13.8. The molecule has 0 N–H and O–H groups in total. The number of carbonyl (C=O) groups is 2. The number of halogens is 1. The van der Waals surface area contributed by atoms with E-state index in [0.29, 0.717) is 18.8 Å². The highest BCUT2D eigenvalue weighted by molar-refractivity contribution is 6.29. The zero-order chi connectivity index (χ0) is 14.0. The Kier molecular flexibility index (Phi) is 4.04. The molecule has 0 saturated carbocycles. The topological polar surface area (TPSA) is 59.5 Å². The summed E-state index contributed by atoms with van der Waals surface area (Å²) in [4.78, 5) is 29.4. The van der Waals surface area contributed by atoms with Gasteiger partial charge in [-0.25, -0.2) is 4.98 Å². The van der Waals surface area contributed by atoms with Crippen molar-refractivity contribution in [3.05, 3.63) is 29.0 Å². The van der Waals surface area contributed by atoms with Crippen molar-refractivity contribution in [3.8, 4) is 0 Å². The Hall–Kier alpha value is -1.62. The molecule has 1 aliphatic heterocycles. The van der Waals surface area contributed by atoms with Crippen LogP contribution in [0, 0.1) is 11.8 Å². The standard InChI is InChI=1S/C13H15ClN2O3/c1-8-6-16(7-9(8)13(18)19-2)12(17)10-4-3-5-11(14)15-10/h3-5,8-9H,6-7H2,1-2H3. The van der Waals surface area contributed by atoms with Crippen LogP contribution in [0.15, 0.2) is 18.2 Å². The predicted octanol–water partition coefficient (Wildman–Crippen LogP) is 1.62. The molecule has 2 rings (SSSR count). The first-order chi connectivity index (χ1) is 9.02. The quantitative estimate of drug-likeness (QED) is 0.611. The monoisotopic (exact) mass is 282 g/mol. The summed E-state index contributed by atoms with van der Waals surface area (Å²) in [6.45, 7) is 2.81. The SMILES string of the molecule is COC(=O)C1CN(C(=O)c2cccc(Cl)n2)CC1C. The third-order valence-electron chi connectivity index (χ3n) is 3.34. The van der Waals surface area contributed by atoms with E-state index in [1.54, 1.807) is 23.1 Å².